The third-order valence-electron chi connectivity index (χ3n) is 4.18. The first kappa shape index (κ1) is 28.3. The molecule has 0 aliphatic rings. The third-order valence-corrected chi connectivity index (χ3v) is 4.18. The molecule has 0 aromatic carbocycles. The van der Waals surface area contributed by atoms with Crippen LogP contribution in [0.1, 0.15) is 96.8 Å². The van der Waals surface area contributed by atoms with Crippen molar-refractivity contribution in [2.45, 2.75) is 96.8 Å². The number of hydrogen-bond donors (Lipinski definition) is 0. The Morgan fingerprint density at radius 3 is 1.05 bits per heavy atom. The van der Waals surface area contributed by atoms with Crippen LogP contribution in [0.4, 0.5) is 0 Å². The number of hydrogen-bond acceptors (Lipinski definition) is 0. The van der Waals surface area contributed by atoms with Crippen LogP contribution in [0.3, 0.4) is 0 Å². The summed E-state index contributed by atoms with van der Waals surface area (Å²) in [6.45, 7) is 3.63. The maximum absolute atomic E-state index is 2.29. The van der Waals surface area contributed by atoms with Gasteiger partial charge in [0.25, 0.3) is 0 Å². The van der Waals surface area contributed by atoms with Gasteiger partial charge in [0.2, 0.25) is 0 Å². The van der Waals surface area contributed by atoms with E-state index in [9.17, 15) is 0 Å². The molecule has 0 atom stereocenters. The Bertz CT molecular complexity index is 192. The molecule has 0 unspecified atom stereocenters. The van der Waals surface area contributed by atoms with Crippen LogP contribution in [0.15, 0.2) is 0 Å². The molecule has 1 nitrogen and oxygen atoms in total. The Morgan fingerprint density at radius 2 is 0.773 bits per heavy atom. The molecule has 1 radical (unpaired) electrons. The molecule has 131 valence electrons. The summed E-state index contributed by atoms with van der Waals surface area (Å²) in [5, 5.41) is 0. The number of nitrogens with zero attached hydrogens (tertiary/aromatic N) is 1. The van der Waals surface area contributed by atoms with E-state index in [0.717, 1.165) is 4.48 Å². The van der Waals surface area contributed by atoms with Gasteiger partial charge < -0.3 is 21.5 Å². The molecular weight excluding hydrogens is 345 g/mol. The maximum Gasteiger partial charge on any atom is 0.0780 e. The van der Waals surface area contributed by atoms with Gasteiger partial charge in [-0.25, -0.2) is 0 Å². The van der Waals surface area contributed by atoms with Gasteiger partial charge in [-0.2, -0.15) is 0 Å². The Morgan fingerprint density at radius 1 is 0.500 bits per heavy atom. The fourth-order valence-electron chi connectivity index (χ4n) is 2.78. The van der Waals surface area contributed by atoms with E-state index in [2.05, 4.69) is 28.1 Å². The van der Waals surface area contributed by atoms with Crippen LogP contribution in [-0.4, -0.2) is 61.7 Å². The Labute approximate surface area is 174 Å². The van der Waals surface area contributed by atoms with Crippen LogP contribution in [0, 0.1) is 0 Å². The van der Waals surface area contributed by atoms with Crippen molar-refractivity contribution in [3.05, 3.63) is 0 Å². The first-order chi connectivity index (χ1) is 9.56. The number of rotatable bonds is 15. The zero-order chi connectivity index (χ0) is 15.1. The van der Waals surface area contributed by atoms with Crippen molar-refractivity contribution in [2.24, 2.45) is 0 Å². The molecule has 0 rings (SSSR count). The standard InChI is InChI=1S/C19H42N.BrH.Na/c1-5-6-7-8-9-10-11-12-13-14-15-16-17-18-19-20(2,3)4;;/h5-19H2,1-4H3;1H;/q+1;;/p-1. The van der Waals surface area contributed by atoms with Crippen LogP contribution in [0.2, 0.25) is 0 Å². The average molecular weight is 387 g/mol. The van der Waals surface area contributed by atoms with Gasteiger partial charge >= 0.3 is 0 Å². The van der Waals surface area contributed by atoms with Gasteiger partial charge in [-0.15, -0.1) is 0 Å². The monoisotopic (exact) mass is 386 g/mol. The smallest absolute Gasteiger partial charge is 0.0780 e. The minimum atomic E-state index is 0. The molecule has 0 saturated carbocycles. The molecule has 0 aliphatic carbocycles. The molecule has 0 bridgehead atoms. The summed E-state index contributed by atoms with van der Waals surface area (Å²) in [4.78, 5) is 0. The predicted octanol–water partition coefficient (Wildman–Crippen LogP) is 2.80. The van der Waals surface area contributed by atoms with Gasteiger partial charge in [0.15, 0.2) is 0 Å². The minimum absolute atomic E-state index is 0. The summed E-state index contributed by atoms with van der Waals surface area (Å²) in [7, 11) is 6.88. The van der Waals surface area contributed by atoms with E-state index in [4.69, 9.17) is 0 Å². The molecule has 0 spiro atoms. The first-order valence-electron chi connectivity index (χ1n) is 9.36. The predicted molar refractivity (Wildman–Crippen MR) is 99.0 cm³/mol. The van der Waals surface area contributed by atoms with E-state index in [1.165, 1.54) is 96.4 Å². The number of quaternary nitrogens is 1. The summed E-state index contributed by atoms with van der Waals surface area (Å²) in [5.41, 5.74) is 0. The zero-order valence-electron chi connectivity index (χ0n) is 16.4. The van der Waals surface area contributed by atoms with Crippen molar-refractivity contribution in [3.8, 4) is 0 Å². The van der Waals surface area contributed by atoms with Gasteiger partial charge in [-0.1, -0.05) is 84.0 Å². The molecule has 0 aliphatic heterocycles. The van der Waals surface area contributed by atoms with E-state index >= 15 is 0 Å². The summed E-state index contributed by atoms with van der Waals surface area (Å²) in [6, 6.07) is 0. The van der Waals surface area contributed by atoms with Gasteiger partial charge in [0, 0.05) is 29.6 Å². The first-order valence-corrected chi connectivity index (χ1v) is 9.36. The maximum atomic E-state index is 2.29. The molecule has 0 amide bonds. The van der Waals surface area contributed by atoms with Crippen LogP contribution in [-0.2, 0) is 0 Å². The summed E-state index contributed by atoms with van der Waals surface area (Å²) in [6.07, 6.45) is 20.4. The second kappa shape index (κ2) is 20.5. The second-order valence-electron chi connectivity index (χ2n) is 7.61. The second-order valence-corrected chi connectivity index (χ2v) is 7.61. The summed E-state index contributed by atoms with van der Waals surface area (Å²) < 4.78 is 1.12. The molecule has 0 aromatic rings. The average Bonchev–Trinajstić information content (AvgIpc) is 2.38. The largest absolute Gasteiger partial charge is 1.00 e. The fourth-order valence-corrected chi connectivity index (χ4v) is 2.78. The van der Waals surface area contributed by atoms with Crippen LogP contribution in [0.5, 0.6) is 0 Å². The minimum Gasteiger partial charge on any atom is -1.00 e. The van der Waals surface area contributed by atoms with Crippen LogP contribution >= 0.6 is 0 Å². The van der Waals surface area contributed by atoms with Crippen molar-refractivity contribution in [2.75, 3.05) is 27.7 Å². The number of halogens is 1. The molecule has 0 N–H and O–H groups in total. The van der Waals surface area contributed by atoms with E-state index < -0.39 is 0 Å². The molecule has 0 heterocycles. The third kappa shape index (κ3) is 26.3. The van der Waals surface area contributed by atoms with Crippen LogP contribution in [0.25, 0.3) is 0 Å². The summed E-state index contributed by atoms with van der Waals surface area (Å²) in [5.74, 6) is 0. The van der Waals surface area contributed by atoms with Crippen molar-refractivity contribution >= 4 is 29.6 Å². The quantitative estimate of drug-likeness (QED) is 0.230. The van der Waals surface area contributed by atoms with Crippen molar-refractivity contribution < 1.29 is 21.5 Å². The molecule has 0 fully saturated rings. The van der Waals surface area contributed by atoms with E-state index in [0.29, 0.717) is 0 Å². The molecule has 22 heavy (non-hydrogen) atoms. The van der Waals surface area contributed by atoms with Gasteiger partial charge in [-0.3, -0.25) is 0 Å². The van der Waals surface area contributed by atoms with Gasteiger partial charge in [0.1, 0.15) is 0 Å². The molecule has 0 saturated heterocycles. The van der Waals surface area contributed by atoms with Gasteiger partial charge in [-0.05, 0) is 12.8 Å². The summed E-state index contributed by atoms with van der Waals surface area (Å²) >= 11 is 0. The zero-order valence-corrected chi connectivity index (χ0v) is 20.0. The molecule has 0 aromatic heterocycles. The Balaban J connectivity index is -0.00000180. The van der Waals surface area contributed by atoms with E-state index in [-0.39, 0.29) is 46.5 Å². The Hall–Kier alpha value is 1.44. The molecule has 3 heteroatoms. The van der Waals surface area contributed by atoms with E-state index in [1.807, 2.05) is 0 Å². The van der Waals surface area contributed by atoms with Gasteiger partial charge in [0.05, 0.1) is 27.7 Å². The van der Waals surface area contributed by atoms with Crippen LogP contribution < -0.4 is 17.0 Å². The van der Waals surface area contributed by atoms with Crippen molar-refractivity contribution in [1.82, 2.24) is 0 Å². The fraction of sp³-hybridized carbons (Fsp3) is 1.00. The number of unbranched alkanes of at least 4 members (excludes halogenated alkanes) is 13. The normalized spacial score (nSPS) is 10.9. The van der Waals surface area contributed by atoms with E-state index in [1.54, 1.807) is 0 Å². The van der Waals surface area contributed by atoms with Crippen molar-refractivity contribution in [3.63, 3.8) is 0 Å². The van der Waals surface area contributed by atoms with Crippen molar-refractivity contribution in [1.29, 1.82) is 0 Å². The Kier molecular flexibility index (Phi) is 26.3. The SMILES string of the molecule is CCCCCCCCCCCCCCCC[N+](C)(C)C.[Br-].[Na]. The molecular formula is C19H42BrNNa. The topological polar surface area (TPSA) is 0 Å².